The van der Waals surface area contributed by atoms with E-state index in [1.807, 2.05) is 41.8 Å². The van der Waals surface area contributed by atoms with Gasteiger partial charge in [-0.05, 0) is 31.2 Å². The number of urea groups is 1. The molecule has 1 saturated heterocycles. The molecule has 0 radical (unpaired) electrons. The second-order valence-corrected chi connectivity index (χ2v) is 6.14. The highest BCUT2D eigenvalue weighted by molar-refractivity contribution is 5.88. The fraction of sp³-hybridized carbons (Fsp3) is 0.471. The average molecular weight is 328 g/mol. The van der Waals surface area contributed by atoms with Gasteiger partial charge in [-0.25, -0.2) is 14.8 Å². The number of anilines is 1. The minimum absolute atomic E-state index is 0.108. The number of amides is 2. The van der Waals surface area contributed by atoms with E-state index in [0.717, 1.165) is 24.5 Å². The van der Waals surface area contributed by atoms with Crippen LogP contribution in [0.4, 0.5) is 10.6 Å². The summed E-state index contributed by atoms with van der Waals surface area (Å²) in [6.07, 6.45) is 5.45. The van der Waals surface area contributed by atoms with Crippen molar-refractivity contribution >= 4 is 11.8 Å². The first-order valence-electron chi connectivity index (χ1n) is 8.28. The lowest BCUT2D eigenvalue weighted by molar-refractivity contribution is 0.0926. The van der Waals surface area contributed by atoms with Crippen LogP contribution in [0.2, 0.25) is 0 Å². The zero-order chi connectivity index (χ0) is 17.1. The molecule has 128 valence electrons. The summed E-state index contributed by atoms with van der Waals surface area (Å²) in [5, 5.41) is 2.90. The molecule has 0 aromatic carbocycles. The summed E-state index contributed by atoms with van der Waals surface area (Å²) in [5.41, 5.74) is 1.07. The van der Waals surface area contributed by atoms with Crippen LogP contribution < -0.4 is 5.32 Å². The standard InChI is InChI=1S/C17H24N6O/c1-4-22-9-10-23(12-14(22)16-19-7-8-21(16)3)17(24)20-15-11-13(2)5-6-18-15/h5-8,11,14H,4,9-10,12H2,1-3H3,(H,18,20,24)/t14-/m1/s1. The molecule has 3 rings (SSSR count). The Bertz CT molecular complexity index is 713. The zero-order valence-electron chi connectivity index (χ0n) is 14.4. The van der Waals surface area contributed by atoms with E-state index < -0.39 is 0 Å². The molecule has 0 spiro atoms. The Labute approximate surface area is 142 Å². The Balaban J connectivity index is 1.73. The molecule has 1 aliphatic heterocycles. The van der Waals surface area contributed by atoms with E-state index >= 15 is 0 Å². The van der Waals surface area contributed by atoms with Gasteiger partial charge in [-0.3, -0.25) is 10.2 Å². The molecule has 1 fully saturated rings. The normalized spacial score (nSPS) is 18.6. The highest BCUT2D eigenvalue weighted by Crippen LogP contribution is 2.24. The van der Waals surface area contributed by atoms with Crippen LogP contribution in [0.5, 0.6) is 0 Å². The van der Waals surface area contributed by atoms with E-state index in [4.69, 9.17) is 0 Å². The summed E-state index contributed by atoms with van der Waals surface area (Å²) >= 11 is 0. The third kappa shape index (κ3) is 3.41. The van der Waals surface area contributed by atoms with E-state index in [9.17, 15) is 4.79 Å². The van der Waals surface area contributed by atoms with Crippen molar-refractivity contribution in [1.29, 1.82) is 0 Å². The molecule has 2 amide bonds. The van der Waals surface area contributed by atoms with Gasteiger partial charge in [0, 0.05) is 45.3 Å². The van der Waals surface area contributed by atoms with Crippen molar-refractivity contribution < 1.29 is 4.79 Å². The minimum Gasteiger partial charge on any atom is -0.337 e. The van der Waals surface area contributed by atoms with Crippen molar-refractivity contribution in [2.45, 2.75) is 19.9 Å². The van der Waals surface area contributed by atoms with Gasteiger partial charge in [-0.2, -0.15) is 0 Å². The molecule has 7 heteroatoms. The average Bonchev–Trinajstić information content (AvgIpc) is 3.00. The number of aromatic nitrogens is 3. The predicted molar refractivity (Wildman–Crippen MR) is 92.8 cm³/mol. The van der Waals surface area contributed by atoms with Crippen molar-refractivity contribution in [1.82, 2.24) is 24.3 Å². The fourth-order valence-electron chi connectivity index (χ4n) is 3.12. The molecule has 0 saturated carbocycles. The second-order valence-electron chi connectivity index (χ2n) is 6.14. The quantitative estimate of drug-likeness (QED) is 0.936. The summed E-state index contributed by atoms with van der Waals surface area (Å²) in [5.74, 6) is 1.58. The Morgan fingerprint density at radius 1 is 1.33 bits per heavy atom. The van der Waals surface area contributed by atoms with E-state index in [1.165, 1.54) is 0 Å². The number of imidazole rings is 1. The van der Waals surface area contributed by atoms with Gasteiger partial charge in [0.2, 0.25) is 0 Å². The summed E-state index contributed by atoms with van der Waals surface area (Å²) in [6.45, 7) is 7.22. The van der Waals surface area contributed by atoms with Crippen molar-refractivity contribution in [3.05, 3.63) is 42.1 Å². The first kappa shape index (κ1) is 16.4. The third-order valence-corrected chi connectivity index (χ3v) is 4.49. The fourth-order valence-corrected chi connectivity index (χ4v) is 3.12. The number of likely N-dealkylation sites (N-methyl/N-ethyl adjacent to an activating group) is 1. The molecule has 24 heavy (non-hydrogen) atoms. The number of hydrogen-bond donors (Lipinski definition) is 1. The number of nitrogens with zero attached hydrogens (tertiary/aromatic N) is 5. The van der Waals surface area contributed by atoms with Crippen molar-refractivity contribution in [3.63, 3.8) is 0 Å². The number of pyridine rings is 1. The molecule has 1 aliphatic rings. The monoisotopic (exact) mass is 328 g/mol. The largest absolute Gasteiger partial charge is 0.337 e. The van der Waals surface area contributed by atoms with Gasteiger partial charge in [-0.15, -0.1) is 0 Å². The first-order valence-corrected chi connectivity index (χ1v) is 8.28. The van der Waals surface area contributed by atoms with Gasteiger partial charge in [0.15, 0.2) is 0 Å². The number of aryl methyl sites for hydroxylation is 2. The Morgan fingerprint density at radius 3 is 2.83 bits per heavy atom. The lowest BCUT2D eigenvalue weighted by Crippen LogP contribution is -2.52. The lowest BCUT2D eigenvalue weighted by atomic mass is 10.1. The molecule has 0 bridgehead atoms. The number of piperazine rings is 1. The number of rotatable bonds is 3. The van der Waals surface area contributed by atoms with E-state index in [0.29, 0.717) is 18.9 Å². The maximum Gasteiger partial charge on any atom is 0.323 e. The number of hydrogen-bond acceptors (Lipinski definition) is 4. The van der Waals surface area contributed by atoms with Gasteiger partial charge < -0.3 is 9.47 Å². The minimum atomic E-state index is -0.108. The SMILES string of the molecule is CCN1CCN(C(=O)Nc2cc(C)ccn2)C[C@@H]1c1nccn1C. The lowest BCUT2D eigenvalue weighted by Gasteiger charge is -2.40. The highest BCUT2D eigenvalue weighted by Gasteiger charge is 2.32. The van der Waals surface area contributed by atoms with Gasteiger partial charge in [0.05, 0.1) is 6.04 Å². The molecule has 1 N–H and O–H groups in total. The third-order valence-electron chi connectivity index (χ3n) is 4.49. The molecular formula is C17H24N6O. The zero-order valence-corrected chi connectivity index (χ0v) is 14.4. The molecule has 2 aromatic rings. The summed E-state index contributed by atoms with van der Waals surface area (Å²) in [6, 6.07) is 3.78. The topological polar surface area (TPSA) is 66.3 Å². The van der Waals surface area contributed by atoms with Gasteiger partial charge in [-0.1, -0.05) is 6.92 Å². The Morgan fingerprint density at radius 2 is 2.17 bits per heavy atom. The first-order chi connectivity index (χ1) is 11.6. The van der Waals surface area contributed by atoms with E-state index in [1.54, 1.807) is 12.4 Å². The molecule has 1 atom stereocenters. The number of carbonyl (C=O) groups is 1. The Kier molecular flexibility index (Phi) is 4.80. The maximum absolute atomic E-state index is 12.6. The molecule has 0 aliphatic carbocycles. The molecule has 2 aromatic heterocycles. The summed E-state index contributed by atoms with van der Waals surface area (Å²) in [4.78, 5) is 25.5. The van der Waals surface area contributed by atoms with Crippen LogP contribution in [0, 0.1) is 6.92 Å². The predicted octanol–water partition coefficient (Wildman–Crippen LogP) is 2.03. The smallest absolute Gasteiger partial charge is 0.323 e. The van der Waals surface area contributed by atoms with E-state index in [2.05, 4.69) is 27.1 Å². The van der Waals surface area contributed by atoms with Crippen molar-refractivity contribution in [2.24, 2.45) is 7.05 Å². The second kappa shape index (κ2) is 7.00. The van der Waals surface area contributed by atoms with Gasteiger partial charge in [0.1, 0.15) is 11.6 Å². The highest BCUT2D eigenvalue weighted by atomic mass is 16.2. The van der Waals surface area contributed by atoms with E-state index in [-0.39, 0.29) is 12.1 Å². The number of nitrogens with one attached hydrogen (secondary N) is 1. The molecule has 3 heterocycles. The van der Waals surface area contributed by atoms with Crippen LogP contribution >= 0.6 is 0 Å². The van der Waals surface area contributed by atoms with Crippen LogP contribution in [-0.2, 0) is 7.05 Å². The van der Waals surface area contributed by atoms with Gasteiger partial charge in [0.25, 0.3) is 0 Å². The van der Waals surface area contributed by atoms with Gasteiger partial charge >= 0.3 is 6.03 Å². The van der Waals surface area contributed by atoms with Crippen LogP contribution in [0.25, 0.3) is 0 Å². The number of carbonyl (C=O) groups excluding carboxylic acids is 1. The van der Waals surface area contributed by atoms with Crippen molar-refractivity contribution in [2.75, 3.05) is 31.5 Å². The molecule has 7 nitrogen and oxygen atoms in total. The van der Waals surface area contributed by atoms with Crippen LogP contribution in [-0.4, -0.2) is 56.5 Å². The summed E-state index contributed by atoms with van der Waals surface area (Å²) in [7, 11) is 1.99. The van der Waals surface area contributed by atoms with Crippen LogP contribution in [0.3, 0.4) is 0 Å². The Hall–Kier alpha value is -2.41. The summed E-state index contributed by atoms with van der Waals surface area (Å²) < 4.78 is 2.02. The molecular weight excluding hydrogens is 304 g/mol. The van der Waals surface area contributed by atoms with Crippen molar-refractivity contribution in [3.8, 4) is 0 Å². The van der Waals surface area contributed by atoms with Crippen LogP contribution in [0.1, 0.15) is 24.4 Å². The maximum atomic E-state index is 12.6. The molecule has 0 unspecified atom stereocenters. The van der Waals surface area contributed by atoms with Crippen LogP contribution in [0.15, 0.2) is 30.7 Å².